The Morgan fingerprint density at radius 2 is 0.621 bits per heavy atom. The van der Waals surface area contributed by atoms with E-state index in [0.717, 1.165) is 0 Å². The molecular weight excluding hydrogens is 793 g/mol. The maximum absolute atomic E-state index is 2.57. The topological polar surface area (TPSA) is 0 Å². The van der Waals surface area contributed by atoms with Crippen LogP contribution in [-0.2, 0) is 10.8 Å². The van der Waals surface area contributed by atoms with E-state index < -0.39 is 0 Å². The fourth-order valence-corrected chi connectivity index (χ4v) is 13.0. The predicted molar refractivity (Wildman–Crippen MR) is 288 cm³/mol. The predicted octanol–water partition coefficient (Wildman–Crippen LogP) is 19.1. The molecule has 0 spiro atoms. The molecule has 14 aromatic carbocycles. The van der Waals surface area contributed by atoms with E-state index in [1.54, 1.807) is 0 Å². The van der Waals surface area contributed by atoms with Gasteiger partial charge in [-0.1, -0.05) is 205 Å². The van der Waals surface area contributed by atoms with Crippen LogP contribution in [0.1, 0.15) is 52.7 Å². The van der Waals surface area contributed by atoms with E-state index in [-0.39, 0.29) is 10.8 Å². The molecule has 0 atom stereocenters. The van der Waals surface area contributed by atoms with Crippen molar-refractivity contribution in [3.63, 3.8) is 0 Å². The molecular formula is C66H46. The largest absolute Gasteiger partial charge is 0.0616 e. The van der Waals surface area contributed by atoms with Crippen molar-refractivity contribution in [2.75, 3.05) is 0 Å². The van der Waals surface area contributed by atoms with Crippen LogP contribution in [-0.4, -0.2) is 0 Å². The SMILES string of the molecule is CC(C)(C)c1ccc(-c2c3cc4c5ccccc5c5cccc(c3c(-c3ccc(C(C)(C)C)cc3)c3c6ccc7c8ccc9c%10c(ccc(c%11ccc(c23)c6c%117)c%108)-c2ccccc2-9)c54)cc1. The molecule has 0 bridgehead atoms. The second-order valence-electron chi connectivity index (χ2n) is 21.5. The van der Waals surface area contributed by atoms with Crippen LogP contribution >= 0.6 is 0 Å². The lowest BCUT2D eigenvalue weighted by molar-refractivity contribution is 0.590. The van der Waals surface area contributed by atoms with Gasteiger partial charge in [-0.2, -0.15) is 0 Å². The van der Waals surface area contributed by atoms with Crippen molar-refractivity contribution in [1.82, 2.24) is 0 Å². The highest BCUT2D eigenvalue weighted by Gasteiger charge is 2.30. The Kier molecular flexibility index (Phi) is 6.80. The highest BCUT2D eigenvalue weighted by atomic mass is 14.3. The summed E-state index contributed by atoms with van der Waals surface area (Å²) in [5, 5.41) is 26.9. The monoisotopic (exact) mass is 838 g/mol. The van der Waals surface area contributed by atoms with Gasteiger partial charge in [0, 0.05) is 0 Å². The van der Waals surface area contributed by atoms with Crippen molar-refractivity contribution in [3.05, 3.63) is 181 Å². The highest BCUT2D eigenvalue weighted by molar-refractivity contribution is 6.49. The number of hydrogen-bond donors (Lipinski definition) is 0. The molecule has 0 radical (unpaired) electrons. The van der Waals surface area contributed by atoms with E-state index in [9.17, 15) is 0 Å². The average Bonchev–Trinajstić information content (AvgIpc) is 3.96. The minimum atomic E-state index is 0.0397. The maximum Gasteiger partial charge on any atom is -0.000718 e. The minimum absolute atomic E-state index is 0.0397. The second kappa shape index (κ2) is 12.2. The summed E-state index contributed by atoms with van der Waals surface area (Å²) < 4.78 is 0. The van der Waals surface area contributed by atoms with E-state index >= 15 is 0 Å². The van der Waals surface area contributed by atoms with Gasteiger partial charge in [-0.15, -0.1) is 0 Å². The van der Waals surface area contributed by atoms with Crippen molar-refractivity contribution in [2.24, 2.45) is 0 Å². The summed E-state index contributed by atoms with van der Waals surface area (Å²) in [7, 11) is 0. The second-order valence-corrected chi connectivity index (χ2v) is 21.5. The van der Waals surface area contributed by atoms with Crippen molar-refractivity contribution >= 4 is 108 Å². The molecule has 0 heteroatoms. The van der Waals surface area contributed by atoms with Gasteiger partial charge in [0.15, 0.2) is 0 Å². The van der Waals surface area contributed by atoms with Crippen LogP contribution in [0.2, 0.25) is 0 Å². The molecule has 0 saturated carbocycles. The molecule has 66 heavy (non-hydrogen) atoms. The first-order chi connectivity index (χ1) is 32.0. The summed E-state index contributed by atoms with van der Waals surface area (Å²) in [5.41, 5.74) is 13.4. The lowest BCUT2D eigenvalue weighted by Crippen LogP contribution is -2.10. The number of fused-ring (bicyclic) bond motifs is 13. The lowest BCUT2D eigenvalue weighted by atomic mass is 9.81. The van der Waals surface area contributed by atoms with Gasteiger partial charge in [-0.25, -0.2) is 0 Å². The molecule has 0 N–H and O–H groups in total. The first-order valence-electron chi connectivity index (χ1n) is 23.8. The molecule has 0 aromatic heterocycles. The van der Waals surface area contributed by atoms with E-state index in [0.29, 0.717) is 0 Å². The van der Waals surface area contributed by atoms with Crippen molar-refractivity contribution in [3.8, 4) is 44.5 Å². The molecule has 15 rings (SSSR count). The first-order valence-corrected chi connectivity index (χ1v) is 23.8. The van der Waals surface area contributed by atoms with Crippen LogP contribution < -0.4 is 0 Å². The standard InChI is InChI=1S/C66H46/c1-65(2,3)37-22-18-35(19-23-37)55-54-34-53-42-15-10-9-14-41(42)43-16-11-17-50(57(43)53)62(54)56(36-20-24-38(25-21-36)66(4,5)6)64-52-33-31-49-47-29-27-45-40-13-8-7-12-39(40)44-26-28-46(59(47)58(44)45)48-30-32-51(63(55)64)61(52)60(48)49/h7-34H,1-6H3. The number of hydrogen-bond acceptors (Lipinski definition) is 0. The normalized spacial score (nSPS) is 13.3. The van der Waals surface area contributed by atoms with Gasteiger partial charge < -0.3 is 0 Å². The minimum Gasteiger partial charge on any atom is -0.0616 e. The zero-order valence-corrected chi connectivity index (χ0v) is 38.2. The summed E-state index contributed by atoms with van der Waals surface area (Å²) in [6, 6.07) is 66.3. The van der Waals surface area contributed by atoms with E-state index in [4.69, 9.17) is 0 Å². The van der Waals surface area contributed by atoms with Crippen molar-refractivity contribution < 1.29 is 0 Å². The summed E-state index contributed by atoms with van der Waals surface area (Å²) in [6.45, 7) is 13.9. The summed E-state index contributed by atoms with van der Waals surface area (Å²) in [6.07, 6.45) is 0. The van der Waals surface area contributed by atoms with Crippen LogP contribution in [0.25, 0.3) is 152 Å². The van der Waals surface area contributed by atoms with E-state index in [2.05, 4.69) is 211 Å². The van der Waals surface area contributed by atoms with Gasteiger partial charge in [0.05, 0.1) is 0 Å². The number of benzene rings is 12. The fourth-order valence-electron chi connectivity index (χ4n) is 13.0. The molecule has 14 aromatic rings. The Hall–Kier alpha value is -7.54. The molecule has 0 aliphatic heterocycles. The third-order valence-electron chi connectivity index (χ3n) is 16.0. The van der Waals surface area contributed by atoms with Crippen molar-refractivity contribution in [2.45, 2.75) is 52.4 Å². The molecule has 1 aliphatic carbocycles. The Morgan fingerprint density at radius 1 is 0.227 bits per heavy atom. The van der Waals surface area contributed by atoms with Gasteiger partial charge in [-0.3, -0.25) is 0 Å². The molecule has 1 aliphatic rings. The number of rotatable bonds is 2. The van der Waals surface area contributed by atoms with Gasteiger partial charge >= 0.3 is 0 Å². The van der Waals surface area contributed by atoms with Crippen LogP contribution in [0.4, 0.5) is 0 Å². The Balaban J connectivity index is 1.18. The molecule has 0 fully saturated rings. The molecule has 0 nitrogen and oxygen atoms in total. The van der Waals surface area contributed by atoms with E-state index in [1.807, 2.05) is 0 Å². The zero-order chi connectivity index (χ0) is 44.1. The van der Waals surface area contributed by atoms with E-state index in [1.165, 1.54) is 163 Å². The van der Waals surface area contributed by atoms with Crippen LogP contribution in [0.5, 0.6) is 0 Å². The Bertz CT molecular complexity index is 4340. The quantitative estimate of drug-likeness (QED) is 0.120. The third-order valence-corrected chi connectivity index (χ3v) is 16.0. The van der Waals surface area contributed by atoms with Crippen LogP contribution in [0.15, 0.2) is 170 Å². The molecule has 0 saturated heterocycles. The summed E-state index contributed by atoms with van der Waals surface area (Å²) in [5.74, 6) is 0. The fraction of sp³-hybridized carbons (Fsp3) is 0.121. The maximum atomic E-state index is 2.57. The van der Waals surface area contributed by atoms with Gasteiger partial charge in [0.2, 0.25) is 0 Å². The third kappa shape index (κ3) is 4.50. The molecule has 310 valence electrons. The Morgan fingerprint density at radius 3 is 1.18 bits per heavy atom. The lowest BCUT2D eigenvalue weighted by Gasteiger charge is -2.22. The van der Waals surface area contributed by atoms with Crippen molar-refractivity contribution in [1.29, 1.82) is 0 Å². The average molecular weight is 839 g/mol. The van der Waals surface area contributed by atoms with Gasteiger partial charge in [0.1, 0.15) is 0 Å². The Labute approximate surface area is 383 Å². The smallest absolute Gasteiger partial charge is 0.000718 e. The summed E-state index contributed by atoms with van der Waals surface area (Å²) in [4.78, 5) is 0. The van der Waals surface area contributed by atoms with Gasteiger partial charge in [0.25, 0.3) is 0 Å². The molecule has 0 unspecified atom stereocenters. The van der Waals surface area contributed by atoms with Crippen LogP contribution in [0.3, 0.4) is 0 Å². The molecule has 0 amide bonds. The zero-order valence-electron chi connectivity index (χ0n) is 38.2. The summed E-state index contributed by atoms with van der Waals surface area (Å²) >= 11 is 0. The van der Waals surface area contributed by atoms with Crippen LogP contribution in [0, 0.1) is 0 Å². The molecule has 0 heterocycles. The highest BCUT2D eigenvalue weighted by Crippen LogP contribution is 2.58. The first kappa shape index (κ1) is 36.8. The van der Waals surface area contributed by atoms with Gasteiger partial charge in [-0.05, 0) is 180 Å².